The van der Waals surface area contributed by atoms with Gasteiger partial charge in [0.25, 0.3) is 11.6 Å². The average molecular weight is 277 g/mol. The molecule has 2 unspecified atom stereocenters. The standard InChI is InChI=1S/C14H19N3O3/c1-9-4-3-5-10(2)16(9)14(18)12-8-11(15)6-7-13(12)17(19)20/h6-10H,3-5,15H2,1-2H3. The fraction of sp³-hybridized carbons (Fsp3) is 0.500. The van der Waals surface area contributed by atoms with Crippen LogP contribution in [0.15, 0.2) is 18.2 Å². The number of carbonyl (C=O) groups is 1. The Kier molecular flexibility index (Phi) is 3.92. The van der Waals surface area contributed by atoms with Crippen LogP contribution in [0.1, 0.15) is 43.5 Å². The van der Waals surface area contributed by atoms with Crippen LogP contribution in [0.2, 0.25) is 0 Å². The van der Waals surface area contributed by atoms with Gasteiger partial charge in [-0.1, -0.05) is 0 Å². The molecule has 108 valence electrons. The van der Waals surface area contributed by atoms with Crippen molar-refractivity contribution in [2.24, 2.45) is 0 Å². The largest absolute Gasteiger partial charge is 0.399 e. The quantitative estimate of drug-likeness (QED) is 0.511. The van der Waals surface area contributed by atoms with E-state index in [4.69, 9.17) is 5.73 Å². The van der Waals surface area contributed by atoms with Crippen molar-refractivity contribution in [1.29, 1.82) is 0 Å². The molecule has 6 heteroatoms. The van der Waals surface area contributed by atoms with Crippen molar-refractivity contribution < 1.29 is 9.72 Å². The minimum absolute atomic E-state index is 0.0793. The Morgan fingerprint density at radius 3 is 2.50 bits per heavy atom. The summed E-state index contributed by atoms with van der Waals surface area (Å²) in [5.74, 6) is -0.302. The number of amides is 1. The lowest BCUT2D eigenvalue weighted by Crippen LogP contribution is -2.47. The van der Waals surface area contributed by atoms with Crippen LogP contribution in [0.3, 0.4) is 0 Å². The second kappa shape index (κ2) is 5.48. The van der Waals surface area contributed by atoms with Gasteiger partial charge in [-0.15, -0.1) is 0 Å². The molecule has 1 aromatic carbocycles. The summed E-state index contributed by atoms with van der Waals surface area (Å²) in [4.78, 5) is 24.9. The first kappa shape index (κ1) is 14.3. The van der Waals surface area contributed by atoms with Gasteiger partial charge in [-0.25, -0.2) is 0 Å². The van der Waals surface area contributed by atoms with Gasteiger partial charge < -0.3 is 10.6 Å². The first-order valence-corrected chi connectivity index (χ1v) is 6.78. The van der Waals surface area contributed by atoms with Crippen molar-refractivity contribution in [3.05, 3.63) is 33.9 Å². The topological polar surface area (TPSA) is 89.5 Å². The lowest BCUT2D eigenvalue weighted by Gasteiger charge is -2.39. The Bertz CT molecular complexity index is 534. The summed E-state index contributed by atoms with van der Waals surface area (Å²) < 4.78 is 0. The molecule has 1 aromatic rings. The predicted octanol–water partition coefficient (Wildman–Crippen LogP) is 2.58. The van der Waals surface area contributed by atoms with Crippen LogP contribution in [-0.4, -0.2) is 27.8 Å². The predicted molar refractivity (Wildman–Crippen MR) is 76.5 cm³/mol. The number of nitrogen functional groups attached to an aromatic ring is 1. The number of hydrogen-bond donors (Lipinski definition) is 1. The van der Waals surface area contributed by atoms with Crippen molar-refractivity contribution in [2.75, 3.05) is 5.73 Å². The minimum Gasteiger partial charge on any atom is -0.399 e. The molecular weight excluding hydrogens is 258 g/mol. The number of nitrogens with two attached hydrogens (primary N) is 1. The van der Waals surface area contributed by atoms with Crippen molar-refractivity contribution in [2.45, 2.75) is 45.2 Å². The number of anilines is 1. The summed E-state index contributed by atoms with van der Waals surface area (Å²) in [6.45, 7) is 3.96. The van der Waals surface area contributed by atoms with E-state index >= 15 is 0 Å². The summed E-state index contributed by atoms with van der Waals surface area (Å²) in [5.41, 5.74) is 5.92. The van der Waals surface area contributed by atoms with Crippen LogP contribution >= 0.6 is 0 Å². The zero-order chi connectivity index (χ0) is 14.9. The van der Waals surface area contributed by atoms with Crippen molar-refractivity contribution in [1.82, 2.24) is 4.90 Å². The maximum Gasteiger partial charge on any atom is 0.282 e. The monoisotopic (exact) mass is 277 g/mol. The third-order valence-corrected chi connectivity index (χ3v) is 3.88. The molecule has 2 rings (SSSR count). The van der Waals surface area contributed by atoms with E-state index < -0.39 is 4.92 Å². The number of piperidine rings is 1. The summed E-state index contributed by atoms with van der Waals surface area (Å²) in [6.07, 6.45) is 2.92. The van der Waals surface area contributed by atoms with E-state index in [1.165, 1.54) is 18.2 Å². The molecule has 1 aliphatic rings. The van der Waals surface area contributed by atoms with Gasteiger partial charge in [0.1, 0.15) is 5.56 Å². The lowest BCUT2D eigenvalue weighted by molar-refractivity contribution is -0.385. The summed E-state index contributed by atoms with van der Waals surface area (Å²) >= 11 is 0. The van der Waals surface area contributed by atoms with Gasteiger partial charge in [-0.05, 0) is 45.2 Å². The van der Waals surface area contributed by atoms with Crippen molar-refractivity contribution >= 4 is 17.3 Å². The number of nitro groups is 1. The third-order valence-electron chi connectivity index (χ3n) is 3.88. The Morgan fingerprint density at radius 1 is 1.35 bits per heavy atom. The molecule has 0 bridgehead atoms. The number of nitrogens with zero attached hydrogens (tertiary/aromatic N) is 2. The van der Waals surface area contributed by atoms with Gasteiger partial charge in [0.2, 0.25) is 0 Å². The number of nitro benzene ring substituents is 1. The fourth-order valence-electron chi connectivity index (χ4n) is 2.84. The normalized spacial score (nSPS) is 22.6. The first-order chi connectivity index (χ1) is 9.41. The molecule has 0 spiro atoms. The van der Waals surface area contributed by atoms with E-state index in [0.29, 0.717) is 5.69 Å². The van der Waals surface area contributed by atoms with Gasteiger partial charge in [-0.3, -0.25) is 14.9 Å². The third kappa shape index (κ3) is 2.59. The lowest BCUT2D eigenvalue weighted by atomic mass is 9.96. The number of hydrogen-bond acceptors (Lipinski definition) is 4. The zero-order valence-electron chi connectivity index (χ0n) is 11.7. The van der Waals surface area contributed by atoms with Gasteiger partial charge in [-0.2, -0.15) is 0 Å². The molecule has 0 aliphatic carbocycles. The molecule has 0 aromatic heterocycles. The summed E-state index contributed by atoms with van der Waals surface area (Å²) in [6, 6.07) is 4.31. The highest BCUT2D eigenvalue weighted by Crippen LogP contribution is 2.28. The number of rotatable bonds is 2. The molecule has 2 N–H and O–H groups in total. The molecule has 2 atom stereocenters. The molecule has 1 amide bonds. The van der Waals surface area contributed by atoms with Crippen LogP contribution < -0.4 is 5.73 Å². The zero-order valence-corrected chi connectivity index (χ0v) is 11.7. The number of likely N-dealkylation sites (tertiary alicyclic amines) is 1. The Hall–Kier alpha value is -2.11. The van der Waals surface area contributed by atoms with Crippen LogP contribution in [0, 0.1) is 10.1 Å². The molecule has 0 radical (unpaired) electrons. The van der Waals surface area contributed by atoms with Crippen LogP contribution in [0.4, 0.5) is 11.4 Å². The molecule has 1 aliphatic heterocycles. The maximum atomic E-state index is 12.7. The summed E-state index contributed by atoms with van der Waals surface area (Å²) in [5, 5.41) is 11.1. The first-order valence-electron chi connectivity index (χ1n) is 6.78. The molecular formula is C14H19N3O3. The summed E-state index contributed by atoms with van der Waals surface area (Å²) in [7, 11) is 0. The van der Waals surface area contributed by atoms with Crippen LogP contribution in [0.25, 0.3) is 0 Å². The Morgan fingerprint density at radius 2 is 1.95 bits per heavy atom. The van der Waals surface area contributed by atoms with Crippen LogP contribution in [0.5, 0.6) is 0 Å². The van der Waals surface area contributed by atoms with Gasteiger partial charge in [0, 0.05) is 23.8 Å². The van der Waals surface area contributed by atoms with Gasteiger partial charge >= 0.3 is 0 Å². The Labute approximate surface area is 117 Å². The number of carbonyl (C=O) groups excluding carboxylic acids is 1. The minimum atomic E-state index is -0.536. The van der Waals surface area contributed by atoms with Crippen molar-refractivity contribution in [3.8, 4) is 0 Å². The SMILES string of the molecule is CC1CCCC(C)N1C(=O)c1cc(N)ccc1[N+](=O)[O-]. The number of benzene rings is 1. The second-order valence-corrected chi connectivity index (χ2v) is 5.38. The second-order valence-electron chi connectivity index (χ2n) is 5.38. The van der Waals surface area contributed by atoms with Crippen molar-refractivity contribution in [3.63, 3.8) is 0 Å². The molecule has 0 saturated carbocycles. The maximum absolute atomic E-state index is 12.7. The van der Waals surface area contributed by atoms with E-state index in [1.807, 2.05) is 13.8 Å². The van der Waals surface area contributed by atoms with E-state index in [-0.39, 0.29) is 29.2 Å². The molecule has 1 heterocycles. The highest BCUT2D eigenvalue weighted by atomic mass is 16.6. The van der Waals surface area contributed by atoms with E-state index in [0.717, 1.165) is 19.3 Å². The van der Waals surface area contributed by atoms with E-state index in [1.54, 1.807) is 4.90 Å². The van der Waals surface area contributed by atoms with Crippen LogP contribution in [-0.2, 0) is 0 Å². The molecule has 1 fully saturated rings. The highest BCUT2D eigenvalue weighted by molar-refractivity contribution is 5.99. The molecule has 20 heavy (non-hydrogen) atoms. The Balaban J connectivity index is 2.42. The van der Waals surface area contributed by atoms with E-state index in [2.05, 4.69) is 0 Å². The average Bonchev–Trinajstić information content (AvgIpc) is 2.37. The van der Waals surface area contributed by atoms with Gasteiger partial charge in [0.05, 0.1) is 4.92 Å². The smallest absolute Gasteiger partial charge is 0.282 e. The molecule has 1 saturated heterocycles. The highest BCUT2D eigenvalue weighted by Gasteiger charge is 2.33. The molecule has 6 nitrogen and oxygen atoms in total. The van der Waals surface area contributed by atoms with E-state index in [9.17, 15) is 14.9 Å². The fourth-order valence-corrected chi connectivity index (χ4v) is 2.84. The van der Waals surface area contributed by atoms with Gasteiger partial charge in [0.15, 0.2) is 0 Å².